The van der Waals surface area contributed by atoms with Gasteiger partial charge in [0.2, 0.25) is 0 Å². The number of nitrogens with zero attached hydrogens (tertiary/aromatic N) is 6. The van der Waals surface area contributed by atoms with Gasteiger partial charge in [0.25, 0.3) is 0 Å². The Morgan fingerprint density at radius 3 is 3.00 bits per heavy atom. The van der Waals surface area contributed by atoms with Crippen molar-refractivity contribution in [1.82, 2.24) is 34.6 Å². The fraction of sp³-hybridized carbons (Fsp3) is 0.348. The van der Waals surface area contributed by atoms with Crippen molar-refractivity contribution in [2.45, 2.75) is 33.5 Å². The molecule has 5 rings (SSSR count). The first-order chi connectivity index (χ1) is 15.4. The van der Waals surface area contributed by atoms with Crippen LogP contribution in [-0.2, 0) is 19.6 Å². The maximum atomic E-state index is 13.1. The number of hydrogen-bond acceptors (Lipinski definition) is 6. The molecule has 1 N–H and O–H groups in total. The van der Waals surface area contributed by atoms with Crippen molar-refractivity contribution in [1.29, 1.82) is 0 Å². The molecule has 9 heteroatoms. The highest BCUT2D eigenvalue weighted by molar-refractivity contribution is 14.1. The monoisotopic (exact) mass is 541 g/mol. The van der Waals surface area contributed by atoms with E-state index in [1.54, 1.807) is 18.7 Å². The van der Waals surface area contributed by atoms with E-state index in [1.807, 2.05) is 26.0 Å². The minimum Gasteiger partial charge on any atom is -0.344 e. The zero-order valence-corrected chi connectivity index (χ0v) is 20.2. The fourth-order valence-corrected chi connectivity index (χ4v) is 4.31. The minimum absolute atomic E-state index is 0.0799. The summed E-state index contributed by atoms with van der Waals surface area (Å²) in [6, 6.07) is 8.36. The smallest absolute Gasteiger partial charge is 0.172 e. The van der Waals surface area contributed by atoms with Crippen molar-refractivity contribution in [2.75, 3.05) is 11.0 Å². The molecule has 0 radical (unpaired) electrons. The molecule has 1 aliphatic heterocycles. The van der Waals surface area contributed by atoms with Gasteiger partial charge in [0, 0.05) is 41.2 Å². The van der Waals surface area contributed by atoms with E-state index in [-0.39, 0.29) is 5.78 Å². The molecule has 0 fully saturated rings. The normalized spacial score (nSPS) is 14.6. The zero-order chi connectivity index (χ0) is 22.3. The van der Waals surface area contributed by atoms with Crippen molar-refractivity contribution in [3.05, 3.63) is 59.9 Å². The number of aromatic nitrogens is 6. The topological polar surface area (TPSA) is 92.6 Å². The van der Waals surface area contributed by atoms with Gasteiger partial charge in [-0.05, 0) is 11.6 Å². The van der Waals surface area contributed by atoms with E-state index in [4.69, 9.17) is 4.98 Å². The van der Waals surface area contributed by atoms with E-state index < -0.39 is 5.41 Å². The number of hydrogen-bond donors (Lipinski definition) is 1. The summed E-state index contributed by atoms with van der Waals surface area (Å²) in [6.45, 7) is 7.41. The first-order valence-electron chi connectivity index (χ1n) is 10.6. The molecule has 164 valence electrons. The van der Waals surface area contributed by atoms with Gasteiger partial charge in [0.15, 0.2) is 11.4 Å². The van der Waals surface area contributed by atoms with Crippen molar-refractivity contribution < 1.29 is 4.79 Å². The maximum Gasteiger partial charge on any atom is 0.172 e. The zero-order valence-electron chi connectivity index (χ0n) is 18.0. The second-order valence-electron chi connectivity index (χ2n) is 8.85. The number of halogens is 1. The van der Waals surface area contributed by atoms with Crippen LogP contribution in [0.2, 0.25) is 0 Å². The van der Waals surface area contributed by atoms with Crippen LogP contribution in [0, 0.1) is 5.41 Å². The van der Waals surface area contributed by atoms with Crippen LogP contribution in [0.5, 0.6) is 0 Å². The Hall–Kier alpha value is -2.66. The molecule has 0 unspecified atom stereocenters. The van der Waals surface area contributed by atoms with Gasteiger partial charge in [0.05, 0.1) is 24.0 Å². The Balaban J connectivity index is 1.42. The number of ketones is 1. The summed E-state index contributed by atoms with van der Waals surface area (Å²) in [6.07, 6.45) is 5.29. The summed E-state index contributed by atoms with van der Waals surface area (Å²) in [5.41, 5.74) is 4.37. The predicted octanol–water partition coefficient (Wildman–Crippen LogP) is 3.88. The average molecular weight is 541 g/mol. The molecule has 0 aliphatic carbocycles. The van der Waals surface area contributed by atoms with Crippen molar-refractivity contribution in [3.8, 4) is 11.3 Å². The van der Waals surface area contributed by atoms with E-state index in [2.05, 4.69) is 64.4 Å². The SMILES string of the molecule is CC(C)(CI)C(=O)c1c[nH]c2ncc(-c3cccc(CN4CCn5cnnc5C4)c3)nc12. The lowest BCUT2D eigenvalue weighted by atomic mass is 9.87. The summed E-state index contributed by atoms with van der Waals surface area (Å²) in [7, 11) is 0. The van der Waals surface area contributed by atoms with Crippen molar-refractivity contribution in [3.63, 3.8) is 0 Å². The van der Waals surface area contributed by atoms with Gasteiger partial charge in [-0.15, -0.1) is 10.2 Å². The number of rotatable bonds is 6. The first kappa shape index (κ1) is 21.2. The molecule has 4 heterocycles. The standard InChI is InChI=1S/C23H24IN7O/c1-23(2,13-24)21(32)17-9-25-22-20(17)28-18(10-26-22)16-5-3-4-15(8-16)11-30-6-7-31-14-27-29-19(31)12-30/h3-5,8-10,14H,6-7,11-13H2,1-2H3,(H,25,26). The van der Waals surface area contributed by atoms with E-state index in [0.717, 1.165) is 47.7 Å². The second kappa shape index (κ2) is 8.36. The fourth-order valence-electron chi connectivity index (χ4n) is 3.97. The number of nitrogens with one attached hydrogen (secondary N) is 1. The molecule has 0 saturated carbocycles. The van der Waals surface area contributed by atoms with Gasteiger partial charge < -0.3 is 9.55 Å². The third kappa shape index (κ3) is 3.95. The predicted molar refractivity (Wildman–Crippen MR) is 130 cm³/mol. The Labute approximate surface area is 199 Å². The Kier molecular flexibility index (Phi) is 5.54. The third-order valence-electron chi connectivity index (χ3n) is 5.92. The minimum atomic E-state index is -0.452. The summed E-state index contributed by atoms with van der Waals surface area (Å²) in [5, 5.41) is 8.21. The van der Waals surface area contributed by atoms with Gasteiger partial charge in [0.1, 0.15) is 17.7 Å². The van der Waals surface area contributed by atoms with Gasteiger partial charge in [-0.1, -0.05) is 54.6 Å². The van der Waals surface area contributed by atoms with Crippen LogP contribution in [-0.4, -0.2) is 51.4 Å². The lowest BCUT2D eigenvalue weighted by molar-refractivity contribution is 0.0868. The first-order valence-corrected chi connectivity index (χ1v) is 12.1. The van der Waals surface area contributed by atoms with E-state index >= 15 is 0 Å². The van der Waals surface area contributed by atoms with Crippen molar-refractivity contribution >= 4 is 39.5 Å². The molecule has 4 aromatic rings. The third-order valence-corrected chi connectivity index (χ3v) is 7.83. The quantitative estimate of drug-likeness (QED) is 0.226. The molecule has 0 spiro atoms. The number of Topliss-reactive ketones (excluding diaryl/α,β-unsaturated/α-hetero) is 1. The van der Waals surface area contributed by atoms with Gasteiger partial charge in [-0.25, -0.2) is 9.97 Å². The molecular formula is C23H24IN7O. The van der Waals surface area contributed by atoms with Crippen LogP contribution >= 0.6 is 22.6 Å². The van der Waals surface area contributed by atoms with Crippen LogP contribution in [0.25, 0.3) is 22.4 Å². The number of benzene rings is 1. The number of alkyl halides is 1. The summed E-state index contributed by atoms with van der Waals surface area (Å²) in [4.78, 5) is 27.9. The Bertz CT molecular complexity index is 1290. The Morgan fingerprint density at radius 1 is 1.28 bits per heavy atom. The van der Waals surface area contributed by atoms with Gasteiger partial charge >= 0.3 is 0 Å². The maximum absolute atomic E-state index is 13.1. The van der Waals surface area contributed by atoms with Crippen LogP contribution in [0.3, 0.4) is 0 Å². The summed E-state index contributed by atoms with van der Waals surface area (Å²) >= 11 is 2.26. The number of carbonyl (C=O) groups excluding carboxylic acids is 1. The van der Waals surface area contributed by atoms with Gasteiger partial charge in [-0.3, -0.25) is 9.69 Å². The molecule has 1 aromatic carbocycles. The van der Waals surface area contributed by atoms with Gasteiger partial charge in [-0.2, -0.15) is 0 Å². The molecule has 0 atom stereocenters. The number of carbonyl (C=O) groups is 1. The molecule has 32 heavy (non-hydrogen) atoms. The highest BCUT2D eigenvalue weighted by Crippen LogP contribution is 2.29. The number of aromatic amines is 1. The van der Waals surface area contributed by atoms with Crippen LogP contribution < -0.4 is 0 Å². The molecule has 1 aliphatic rings. The van der Waals surface area contributed by atoms with Crippen LogP contribution in [0.15, 0.2) is 43.0 Å². The molecule has 0 saturated heterocycles. The van der Waals surface area contributed by atoms with Crippen molar-refractivity contribution in [2.24, 2.45) is 5.41 Å². The average Bonchev–Trinajstić information content (AvgIpc) is 3.44. The number of H-pyrrole nitrogens is 1. The van der Waals surface area contributed by atoms with E-state index in [1.165, 1.54) is 5.56 Å². The van der Waals surface area contributed by atoms with Crippen LogP contribution in [0.1, 0.15) is 35.6 Å². The molecule has 3 aromatic heterocycles. The summed E-state index contributed by atoms with van der Waals surface area (Å²) in [5.74, 6) is 1.08. The lowest BCUT2D eigenvalue weighted by Crippen LogP contribution is -2.33. The van der Waals surface area contributed by atoms with E-state index in [0.29, 0.717) is 16.7 Å². The van der Waals surface area contributed by atoms with Crippen LogP contribution in [0.4, 0.5) is 0 Å². The summed E-state index contributed by atoms with van der Waals surface area (Å²) < 4.78 is 2.84. The highest BCUT2D eigenvalue weighted by Gasteiger charge is 2.30. The van der Waals surface area contributed by atoms with E-state index in [9.17, 15) is 4.79 Å². The molecule has 0 bridgehead atoms. The highest BCUT2D eigenvalue weighted by atomic mass is 127. The molecule has 8 nitrogen and oxygen atoms in total. The Morgan fingerprint density at radius 2 is 2.16 bits per heavy atom. The molecular weight excluding hydrogens is 517 g/mol. The number of fused-ring (bicyclic) bond motifs is 2. The largest absolute Gasteiger partial charge is 0.344 e. The molecule has 0 amide bonds. The lowest BCUT2D eigenvalue weighted by Gasteiger charge is -2.27. The second-order valence-corrected chi connectivity index (χ2v) is 9.62.